The Bertz CT molecular complexity index is 559. The first-order valence-corrected chi connectivity index (χ1v) is 7.28. The summed E-state index contributed by atoms with van der Waals surface area (Å²) in [4.78, 5) is 13.7. The molecule has 0 spiro atoms. The Balaban J connectivity index is 2.02. The minimum Gasteiger partial charge on any atom is -0.489 e. The molecule has 0 aliphatic rings. The summed E-state index contributed by atoms with van der Waals surface area (Å²) in [6.45, 7) is 5.28. The van der Waals surface area contributed by atoms with Crippen LogP contribution in [0.3, 0.4) is 0 Å². The molecule has 0 saturated carbocycles. The predicted octanol–water partition coefficient (Wildman–Crippen LogP) is 2.30. The average molecular weight is 294 g/mol. The number of aryl methyl sites for hydroxylation is 1. The van der Waals surface area contributed by atoms with Crippen LogP contribution in [0.4, 0.5) is 5.82 Å². The quantitative estimate of drug-likeness (QED) is 0.845. The lowest BCUT2D eigenvalue weighted by molar-refractivity contribution is 0.285. The molecule has 0 radical (unpaired) electrons. The SMILES string of the molecule is CCNc1ncnc(OCCc2scnc2C)c1OC. The number of nitrogens with zero attached hydrogens (tertiary/aromatic N) is 3. The summed E-state index contributed by atoms with van der Waals surface area (Å²) in [6, 6.07) is 0. The van der Waals surface area contributed by atoms with Crippen LogP contribution in [0.2, 0.25) is 0 Å². The molecular weight excluding hydrogens is 276 g/mol. The fourth-order valence-corrected chi connectivity index (χ4v) is 2.51. The number of nitrogens with one attached hydrogen (secondary N) is 1. The van der Waals surface area contributed by atoms with Crippen LogP contribution in [0.15, 0.2) is 11.8 Å². The molecule has 20 heavy (non-hydrogen) atoms. The lowest BCUT2D eigenvalue weighted by Gasteiger charge is -2.12. The molecule has 0 aliphatic carbocycles. The maximum atomic E-state index is 5.71. The molecule has 0 unspecified atom stereocenters. The summed E-state index contributed by atoms with van der Waals surface area (Å²) in [6.07, 6.45) is 2.27. The van der Waals surface area contributed by atoms with Gasteiger partial charge in [-0.05, 0) is 13.8 Å². The number of anilines is 1. The Kier molecular flexibility index (Phi) is 5.11. The van der Waals surface area contributed by atoms with E-state index in [4.69, 9.17) is 9.47 Å². The first-order valence-electron chi connectivity index (χ1n) is 6.40. The van der Waals surface area contributed by atoms with Gasteiger partial charge in [-0.3, -0.25) is 0 Å². The molecule has 0 aromatic carbocycles. The Hall–Kier alpha value is -1.89. The van der Waals surface area contributed by atoms with E-state index in [9.17, 15) is 0 Å². The van der Waals surface area contributed by atoms with Crippen molar-refractivity contribution in [2.75, 3.05) is 25.6 Å². The topological polar surface area (TPSA) is 69.2 Å². The summed E-state index contributed by atoms with van der Waals surface area (Å²) in [5.41, 5.74) is 2.90. The molecule has 7 heteroatoms. The van der Waals surface area contributed by atoms with Crippen molar-refractivity contribution < 1.29 is 9.47 Å². The van der Waals surface area contributed by atoms with Crippen LogP contribution in [0.5, 0.6) is 11.6 Å². The van der Waals surface area contributed by atoms with Gasteiger partial charge in [0.05, 0.1) is 24.9 Å². The highest BCUT2D eigenvalue weighted by Crippen LogP contribution is 2.30. The van der Waals surface area contributed by atoms with E-state index >= 15 is 0 Å². The monoisotopic (exact) mass is 294 g/mol. The zero-order valence-electron chi connectivity index (χ0n) is 11.8. The van der Waals surface area contributed by atoms with Gasteiger partial charge in [0, 0.05) is 17.8 Å². The zero-order chi connectivity index (χ0) is 14.4. The van der Waals surface area contributed by atoms with Gasteiger partial charge in [0.15, 0.2) is 5.82 Å². The maximum Gasteiger partial charge on any atom is 0.262 e. The van der Waals surface area contributed by atoms with Crippen LogP contribution in [0.25, 0.3) is 0 Å². The summed E-state index contributed by atoms with van der Waals surface area (Å²) < 4.78 is 11.0. The van der Waals surface area contributed by atoms with Crippen molar-refractivity contribution in [1.82, 2.24) is 15.0 Å². The summed E-state index contributed by atoms with van der Waals surface area (Å²) in [5, 5.41) is 3.12. The molecule has 0 atom stereocenters. The summed E-state index contributed by atoms with van der Waals surface area (Å²) in [5.74, 6) is 1.64. The minimum absolute atomic E-state index is 0.459. The molecule has 0 bridgehead atoms. The second-order valence-electron chi connectivity index (χ2n) is 4.05. The van der Waals surface area contributed by atoms with Gasteiger partial charge >= 0.3 is 0 Å². The number of hydrogen-bond acceptors (Lipinski definition) is 7. The smallest absolute Gasteiger partial charge is 0.262 e. The molecule has 0 amide bonds. The van der Waals surface area contributed by atoms with E-state index < -0.39 is 0 Å². The summed E-state index contributed by atoms with van der Waals surface area (Å²) >= 11 is 1.64. The third kappa shape index (κ3) is 3.36. The molecule has 0 aliphatic heterocycles. The number of methoxy groups -OCH3 is 1. The molecule has 2 heterocycles. The van der Waals surface area contributed by atoms with E-state index in [-0.39, 0.29) is 0 Å². The highest BCUT2D eigenvalue weighted by molar-refractivity contribution is 7.09. The van der Waals surface area contributed by atoms with Gasteiger partial charge in [0.25, 0.3) is 5.88 Å². The van der Waals surface area contributed by atoms with Gasteiger partial charge in [-0.2, -0.15) is 4.98 Å². The van der Waals surface area contributed by atoms with Gasteiger partial charge in [-0.1, -0.05) is 0 Å². The van der Waals surface area contributed by atoms with E-state index in [1.165, 1.54) is 11.2 Å². The second-order valence-corrected chi connectivity index (χ2v) is 4.99. The van der Waals surface area contributed by atoms with Crippen LogP contribution in [0, 0.1) is 6.92 Å². The lowest BCUT2D eigenvalue weighted by Crippen LogP contribution is -2.08. The van der Waals surface area contributed by atoms with Gasteiger partial charge in [0.1, 0.15) is 6.33 Å². The molecule has 2 aromatic heterocycles. The van der Waals surface area contributed by atoms with Crippen molar-refractivity contribution in [2.24, 2.45) is 0 Å². The summed E-state index contributed by atoms with van der Waals surface area (Å²) in [7, 11) is 1.58. The van der Waals surface area contributed by atoms with Crippen LogP contribution in [0.1, 0.15) is 17.5 Å². The molecule has 1 N–H and O–H groups in total. The Morgan fingerprint density at radius 1 is 1.30 bits per heavy atom. The van der Waals surface area contributed by atoms with Crippen molar-refractivity contribution in [2.45, 2.75) is 20.3 Å². The standard InChI is InChI=1S/C13H18N4O2S/c1-4-14-12-11(18-3)13(16-7-15-12)19-6-5-10-9(2)17-8-20-10/h7-8H,4-6H2,1-3H3,(H,14,15,16). The Morgan fingerprint density at radius 3 is 2.80 bits per heavy atom. The van der Waals surface area contributed by atoms with Crippen molar-refractivity contribution >= 4 is 17.2 Å². The third-order valence-corrected chi connectivity index (χ3v) is 3.73. The minimum atomic E-state index is 0.459. The number of ether oxygens (including phenoxy) is 2. The molecule has 108 valence electrons. The second kappa shape index (κ2) is 7.04. The third-order valence-electron chi connectivity index (χ3n) is 2.73. The van der Waals surface area contributed by atoms with E-state index in [0.29, 0.717) is 24.1 Å². The average Bonchev–Trinajstić information content (AvgIpc) is 2.85. The van der Waals surface area contributed by atoms with E-state index in [1.807, 2.05) is 19.4 Å². The lowest BCUT2D eigenvalue weighted by atomic mass is 10.3. The molecule has 0 fully saturated rings. The molecular formula is C13H18N4O2S. The number of rotatable bonds is 7. The highest BCUT2D eigenvalue weighted by atomic mass is 32.1. The van der Waals surface area contributed by atoms with Crippen LogP contribution >= 0.6 is 11.3 Å². The van der Waals surface area contributed by atoms with Gasteiger partial charge in [0.2, 0.25) is 5.75 Å². The van der Waals surface area contributed by atoms with E-state index in [1.54, 1.807) is 18.4 Å². The van der Waals surface area contributed by atoms with Crippen molar-refractivity contribution in [3.05, 3.63) is 22.4 Å². The first kappa shape index (κ1) is 14.5. The predicted molar refractivity (Wildman–Crippen MR) is 78.8 cm³/mol. The van der Waals surface area contributed by atoms with Gasteiger partial charge in [-0.25, -0.2) is 9.97 Å². The molecule has 2 rings (SSSR count). The molecule has 6 nitrogen and oxygen atoms in total. The van der Waals surface area contributed by atoms with Crippen LogP contribution < -0.4 is 14.8 Å². The van der Waals surface area contributed by atoms with E-state index in [2.05, 4.69) is 20.3 Å². The van der Waals surface area contributed by atoms with Crippen molar-refractivity contribution in [3.63, 3.8) is 0 Å². The molecule has 0 saturated heterocycles. The van der Waals surface area contributed by atoms with Gasteiger partial charge < -0.3 is 14.8 Å². The first-order chi connectivity index (χ1) is 9.76. The normalized spacial score (nSPS) is 10.3. The van der Waals surface area contributed by atoms with Gasteiger partial charge in [-0.15, -0.1) is 11.3 Å². The molecule has 2 aromatic rings. The van der Waals surface area contributed by atoms with Crippen LogP contribution in [-0.2, 0) is 6.42 Å². The largest absolute Gasteiger partial charge is 0.489 e. The van der Waals surface area contributed by atoms with Crippen molar-refractivity contribution in [1.29, 1.82) is 0 Å². The van der Waals surface area contributed by atoms with E-state index in [0.717, 1.165) is 18.7 Å². The van der Waals surface area contributed by atoms with Crippen molar-refractivity contribution in [3.8, 4) is 11.6 Å². The highest BCUT2D eigenvalue weighted by Gasteiger charge is 2.13. The number of aromatic nitrogens is 3. The zero-order valence-corrected chi connectivity index (χ0v) is 12.7. The fourth-order valence-electron chi connectivity index (χ4n) is 1.74. The Morgan fingerprint density at radius 2 is 2.15 bits per heavy atom. The maximum absolute atomic E-state index is 5.71. The fraction of sp³-hybridized carbons (Fsp3) is 0.462. The Labute approximate surface area is 122 Å². The van der Waals surface area contributed by atoms with Crippen LogP contribution in [-0.4, -0.2) is 35.2 Å². The number of thiazole rings is 1. The number of hydrogen-bond donors (Lipinski definition) is 1.